The third-order valence-electron chi connectivity index (χ3n) is 6.64. The van der Waals surface area contributed by atoms with Gasteiger partial charge in [-0.15, -0.1) is 0 Å². The number of hydrogen-bond acceptors (Lipinski definition) is 8. The number of methoxy groups -OCH3 is 1. The van der Waals surface area contributed by atoms with Gasteiger partial charge in [0.15, 0.2) is 5.96 Å². The normalized spacial score (nSPS) is 14.1. The van der Waals surface area contributed by atoms with Crippen LogP contribution in [-0.4, -0.2) is 84.6 Å². The lowest BCUT2D eigenvalue weighted by atomic mass is 10.2. The van der Waals surface area contributed by atoms with Gasteiger partial charge in [-0.05, 0) is 41.8 Å². The van der Waals surface area contributed by atoms with Crippen LogP contribution in [0, 0.1) is 5.82 Å². The highest BCUT2D eigenvalue weighted by Gasteiger charge is 2.15. The summed E-state index contributed by atoms with van der Waals surface area (Å²) in [5.74, 6) is 0.745. The van der Waals surface area contributed by atoms with Gasteiger partial charge in [-0.1, -0.05) is 24.3 Å². The monoisotopic (exact) mass is 568 g/mol. The molecule has 1 aromatic heterocycles. The Kier molecular flexibility index (Phi) is 10.9. The number of aromatic nitrogens is 3. The van der Waals surface area contributed by atoms with Crippen LogP contribution in [-0.2, 0) is 17.8 Å². The van der Waals surface area contributed by atoms with Gasteiger partial charge in [0.25, 0.3) is 0 Å². The van der Waals surface area contributed by atoms with Gasteiger partial charge in [-0.3, -0.25) is 14.5 Å². The van der Waals surface area contributed by atoms with Gasteiger partial charge in [-0.25, -0.2) is 18.5 Å². The highest BCUT2D eigenvalue weighted by molar-refractivity contribution is 5.77. The van der Waals surface area contributed by atoms with Crippen molar-refractivity contribution in [1.29, 1.82) is 0 Å². The van der Waals surface area contributed by atoms with E-state index in [1.165, 1.54) is 28.8 Å². The van der Waals surface area contributed by atoms with E-state index in [1.807, 2.05) is 12.1 Å². The molecule has 41 heavy (non-hydrogen) atoms. The Balaban J connectivity index is 1.41. The molecule has 2 heterocycles. The van der Waals surface area contributed by atoms with Crippen molar-refractivity contribution >= 4 is 11.9 Å². The molecule has 220 valence electrons. The summed E-state index contributed by atoms with van der Waals surface area (Å²) in [6.07, 6.45) is 0.899. The number of anilines is 1. The maximum absolute atomic E-state index is 13.5. The molecule has 1 fully saturated rings. The molecule has 0 aliphatic carbocycles. The quantitative estimate of drug-likeness (QED) is 0.154. The van der Waals surface area contributed by atoms with Crippen molar-refractivity contribution in [3.05, 3.63) is 86.4 Å². The molecule has 0 spiro atoms. The Morgan fingerprint density at radius 3 is 2.37 bits per heavy atom. The molecule has 0 unspecified atom stereocenters. The van der Waals surface area contributed by atoms with Crippen molar-refractivity contribution in [3.63, 3.8) is 0 Å². The van der Waals surface area contributed by atoms with E-state index in [-0.39, 0.29) is 19.0 Å². The van der Waals surface area contributed by atoms with Crippen LogP contribution in [0.25, 0.3) is 0 Å². The van der Waals surface area contributed by atoms with E-state index >= 15 is 0 Å². The molecule has 0 amide bonds. The van der Waals surface area contributed by atoms with Gasteiger partial charge < -0.3 is 25.8 Å². The average molecular weight is 569 g/mol. The molecule has 12 nitrogen and oxygen atoms in total. The Labute approximate surface area is 237 Å². The number of guanidine groups is 1. The zero-order chi connectivity index (χ0) is 29.0. The molecule has 0 atom stereocenters. The fourth-order valence-electron chi connectivity index (χ4n) is 4.37. The van der Waals surface area contributed by atoms with Crippen LogP contribution in [0.15, 0.2) is 63.1 Å². The van der Waals surface area contributed by atoms with Crippen LogP contribution in [0.4, 0.5) is 10.3 Å². The van der Waals surface area contributed by atoms with Crippen molar-refractivity contribution in [2.24, 2.45) is 10.7 Å². The third kappa shape index (κ3) is 8.88. The largest absolute Gasteiger partial charge is 0.497 e. The fraction of sp³-hybridized carbons (Fsp3) is 0.429. The van der Waals surface area contributed by atoms with Crippen molar-refractivity contribution < 1.29 is 13.9 Å². The molecule has 3 aromatic rings. The molecule has 4 rings (SSSR count). The summed E-state index contributed by atoms with van der Waals surface area (Å²) in [6, 6.07) is 12.9. The first-order chi connectivity index (χ1) is 19.9. The minimum Gasteiger partial charge on any atom is -0.497 e. The Hall–Kier alpha value is -4.23. The number of halogens is 1. The van der Waals surface area contributed by atoms with Crippen LogP contribution in [0.3, 0.4) is 0 Å². The fourth-order valence-corrected chi connectivity index (χ4v) is 4.37. The van der Waals surface area contributed by atoms with E-state index in [0.717, 1.165) is 49.4 Å². The lowest BCUT2D eigenvalue weighted by Gasteiger charge is -2.26. The molecule has 0 bridgehead atoms. The number of benzene rings is 2. The molecule has 1 aliphatic heterocycles. The van der Waals surface area contributed by atoms with E-state index in [2.05, 4.69) is 25.5 Å². The molecule has 13 heteroatoms. The number of hydrogen-bond donors (Lipinski definition) is 3. The van der Waals surface area contributed by atoms with Gasteiger partial charge >= 0.3 is 11.4 Å². The number of morpholine rings is 1. The number of nitrogens with zero attached hydrogens (tertiary/aromatic N) is 5. The number of nitrogens with one attached hydrogen (secondary N) is 2. The molecule has 4 N–H and O–H groups in total. The van der Waals surface area contributed by atoms with Crippen LogP contribution in [0.1, 0.15) is 17.5 Å². The van der Waals surface area contributed by atoms with E-state index in [9.17, 15) is 14.0 Å². The predicted molar refractivity (Wildman–Crippen MR) is 155 cm³/mol. The topological polar surface area (TPSA) is 141 Å². The van der Waals surface area contributed by atoms with Crippen molar-refractivity contribution in [1.82, 2.24) is 24.3 Å². The van der Waals surface area contributed by atoms with Crippen molar-refractivity contribution in [2.45, 2.75) is 19.5 Å². The maximum Gasteiger partial charge on any atom is 0.355 e. The SMILES string of the molecule is COc1ccc(Cn2c(NCCNC(N)=NCCCN3CCOCC3)nc(=O)n(Cc3ccc(F)cc3)c2=O)cc1. The minimum atomic E-state index is -0.706. The second-order valence-electron chi connectivity index (χ2n) is 9.58. The van der Waals surface area contributed by atoms with Gasteiger partial charge in [0.1, 0.15) is 11.6 Å². The summed E-state index contributed by atoms with van der Waals surface area (Å²) >= 11 is 0. The molecular formula is C28H37FN8O4. The lowest BCUT2D eigenvalue weighted by Crippen LogP contribution is -2.44. The number of nitrogens with two attached hydrogens (primary N) is 1. The summed E-state index contributed by atoms with van der Waals surface area (Å²) in [4.78, 5) is 37.2. The summed E-state index contributed by atoms with van der Waals surface area (Å²) in [7, 11) is 1.58. The summed E-state index contributed by atoms with van der Waals surface area (Å²) in [6.45, 7) is 5.85. The number of aliphatic imine (C=N–C) groups is 1. The van der Waals surface area contributed by atoms with Crippen LogP contribution < -0.4 is 32.5 Å². The van der Waals surface area contributed by atoms with E-state index in [1.54, 1.807) is 19.2 Å². The van der Waals surface area contributed by atoms with E-state index < -0.39 is 17.2 Å². The Bertz CT molecular complexity index is 1400. The highest BCUT2D eigenvalue weighted by Crippen LogP contribution is 2.13. The lowest BCUT2D eigenvalue weighted by molar-refractivity contribution is 0.0377. The smallest absolute Gasteiger partial charge is 0.355 e. The van der Waals surface area contributed by atoms with Crippen molar-refractivity contribution in [3.8, 4) is 5.75 Å². The second kappa shape index (κ2) is 15.0. The Morgan fingerprint density at radius 1 is 1.02 bits per heavy atom. The second-order valence-corrected chi connectivity index (χ2v) is 9.58. The molecular weight excluding hydrogens is 531 g/mol. The van der Waals surface area contributed by atoms with Crippen LogP contribution in [0.5, 0.6) is 5.75 Å². The first-order valence-corrected chi connectivity index (χ1v) is 13.6. The zero-order valence-corrected chi connectivity index (χ0v) is 23.2. The first kappa shape index (κ1) is 29.7. The summed E-state index contributed by atoms with van der Waals surface area (Å²) in [5, 5.41) is 6.11. The number of rotatable bonds is 13. The van der Waals surface area contributed by atoms with E-state index in [0.29, 0.717) is 36.9 Å². The summed E-state index contributed by atoms with van der Waals surface area (Å²) in [5.41, 5.74) is 6.17. The predicted octanol–water partition coefficient (Wildman–Crippen LogP) is 0.688. The summed E-state index contributed by atoms with van der Waals surface area (Å²) < 4.78 is 26.4. The Morgan fingerprint density at radius 2 is 1.68 bits per heavy atom. The van der Waals surface area contributed by atoms with Crippen LogP contribution in [0.2, 0.25) is 0 Å². The zero-order valence-electron chi connectivity index (χ0n) is 23.2. The van der Waals surface area contributed by atoms with E-state index in [4.69, 9.17) is 15.2 Å². The molecule has 0 radical (unpaired) electrons. The molecule has 1 saturated heterocycles. The minimum absolute atomic E-state index is 0.0338. The maximum atomic E-state index is 13.5. The standard InChI is InChI=1S/C28H37FN8O4/c1-40-24-9-5-22(6-10-24)19-36-26(34-27(38)37(28(36)39)20-21-3-7-23(29)8-4-21)33-13-12-32-25(30)31-11-2-14-35-15-17-41-18-16-35/h3-10H,2,11-20H2,1H3,(H3,30,31,32)(H,33,34,38). The molecule has 0 saturated carbocycles. The average Bonchev–Trinajstić information content (AvgIpc) is 2.99. The first-order valence-electron chi connectivity index (χ1n) is 13.6. The number of ether oxygens (including phenoxy) is 2. The molecule has 1 aliphatic rings. The van der Waals surface area contributed by atoms with Crippen molar-refractivity contribution in [2.75, 3.05) is 64.9 Å². The van der Waals surface area contributed by atoms with Gasteiger partial charge in [-0.2, -0.15) is 4.98 Å². The van der Waals surface area contributed by atoms with Crippen LogP contribution >= 0.6 is 0 Å². The third-order valence-corrected chi connectivity index (χ3v) is 6.64. The molecule has 2 aromatic carbocycles. The van der Waals surface area contributed by atoms with Gasteiger partial charge in [0, 0.05) is 39.3 Å². The van der Waals surface area contributed by atoms with Gasteiger partial charge in [0.05, 0.1) is 33.4 Å². The highest BCUT2D eigenvalue weighted by atomic mass is 19.1. The van der Waals surface area contributed by atoms with Gasteiger partial charge in [0.2, 0.25) is 5.95 Å².